The predicted octanol–water partition coefficient (Wildman–Crippen LogP) is 8.04. The fourth-order valence-corrected chi connectivity index (χ4v) is 4.68. The van der Waals surface area contributed by atoms with E-state index in [0.717, 1.165) is 35.6 Å². The van der Waals surface area contributed by atoms with Gasteiger partial charge in [0.25, 0.3) is 0 Å². The topological polar surface area (TPSA) is 81.1 Å². The summed E-state index contributed by atoms with van der Waals surface area (Å²) in [5.74, 6) is 2.20. The van der Waals surface area contributed by atoms with Crippen LogP contribution in [0.4, 0.5) is 5.82 Å². The van der Waals surface area contributed by atoms with Crippen LogP contribution < -0.4 is 4.90 Å². The molecule has 0 atom stereocenters. The number of rotatable bonds is 3. The number of halogens is 1. The van der Waals surface area contributed by atoms with Crippen molar-refractivity contribution in [2.24, 2.45) is 0 Å². The first-order chi connectivity index (χ1) is 19.0. The molecule has 0 N–H and O–H groups in total. The van der Waals surface area contributed by atoms with Gasteiger partial charge in [-0.25, -0.2) is 9.97 Å². The fourth-order valence-electron chi connectivity index (χ4n) is 4.54. The molecular formula is C31H28ClN5O2. The Hall–Kier alpha value is -4.23. The Bertz CT molecular complexity index is 1720. The number of aromatic nitrogens is 4. The molecule has 4 aromatic heterocycles. The Kier molecular flexibility index (Phi) is 6.99. The van der Waals surface area contributed by atoms with Crippen LogP contribution in [0.2, 0.25) is 5.15 Å². The molecule has 0 unspecified atom stereocenters. The van der Waals surface area contributed by atoms with Crippen molar-refractivity contribution >= 4 is 39.9 Å². The predicted molar refractivity (Wildman–Crippen MR) is 155 cm³/mol. The second-order valence-electron chi connectivity index (χ2n) is 9.77. The SMILES string of the molecule is Cc1ccc(-c2nc3ccc(Cl)nc3o2)cc1.Cc1ccc(-c2nc3ccc(N4CCCCC4)nc3o2)cc1. The van der Waals surface area contributed by atoms with E-state index < -0.39 is 0 Å². The Morgan fingerprint density at radius 2 is 1.10 bits per heavy atom. The molecule has 0 spiro atoms. The largest absolute Gasteiger partial charge is 0.418 e. The van der Waals surface area contributed by atoms with Crippen molar-refractivity contribution in [3.05, 3.63) is 89.1 Å². The van der Waals surface area contributed by atoms with Crippen molar-refractivity contribution in [3.63, 3.8) is 0 Å². The van der Waals surface area contributed by atoms with Gasteiger partial charge in [0, 0.05) is 24.2 Å². The lowest BCUT2D eigenvalue weighted by molar-refractivity contribution is 0.569. The fraction of sp³-hybridized carbons (Fsp3) is 0.226. The van der Waals surface area contributed by atoms with Crippen molar-refractivity contribution in [2.75, 3.05) is 18.0 Å². The molecule has 0 radical (unpaired) electrons. The summed E-state index contributed by atoms with van der Waals surface area (Å²) in [6.07, 6.45) is 3.80. The molecule has 1 aliphatic heterocycles. The number of hydrogen-bond donors (Lipinski definition) is 0. The minimum Gasteiger partial charge on any atom is -0.418 e. The highest BCUT2D eigenvalue weighted by molar-refractivity contribution is 6.29. The number of fused-ring (bicyclic) bond motifs is 2. The summed E-state index contributed by atoms with van der Waals surface area (Å²) in [5.41, 5.74) is 6.97. The summed E-state index contributed by atoms with van der Waals surface area (Å²) >= 11 is 5.80. The molecule has 1 fully saturated rings. The summed E-state index contributed by atoms with van der Waals surface area (Å²) in [6.45, 7) is 6.27. The molecule has 2 aromatic carbocycles. The standard InChI is InChI=1S/C18H19N3O.C13H9ClN2O/c1-13-5-7-14(8-6-13)17-19-15-9-10-16(20-18(15)22-17)21-11-3-2-4-12-21;1-8-2-4-9(5-3-8)12-15-10-6-7-11(14)16-13(10)17-12/h5-10H,2-4,11-12H2,1H3;2-7H,1H3. The highest BCUT2D eigenvalue weighted by Gasteiger charge is 2.15. The maximum absolute atomic E-state index is 5.88. The lowest BCUT2D eigenvalue weighted by atomic mass is 10.1. The van der Waals surface area contributed by atoms with Crippen LogP contribution >= 0.6 is 11.6 Å². The summed E-state index contributed by atoms with van der Waals surface area (Å²) in [6, 6.07) is 23.7. The van der Waals surface area contributed by atoms with Crippen LogP contribution in [0.3, 0.4) is 0 Å². The number of benzene rings is 2. The molecule has 1 aliphatic rings. The molecule has 1 saturated heterocycles. The first-order valence-corrected chi connectivity index (χ1v) is 13.5. The minimum atomic E-state index is 0.407. The monoisotopic (exact) mass is 537 g/mol. The van der Waals surface area contributed by atoms with E-state index >= 15 is 0 Å². The normalized spacial score (nSPS) is 13.5. The summed E-state index contributed by atoms with van der Waals surface area (Å²) in [7, 11) is 0. The number of pyridine rings is 2. The Morgan fingerprint density at radius 3 is 1.67 bits per heavy atom. The number of oxazole rings is 2. The molecule has 7 rings (SSSR count). The van der Waals surface area contributed by atoms with E-state index in [9.17, 15) is 0 Å². The van der Waals surface area contributed by atoms with Crippen molar-refractivity contribution in [3.8, 4) is 22.9 Å². The van der Waals surface area contributed by atoms with Gasteiger partial charge in [-0.3, -0.25) is 0 Å². The van der Waals surface area contributed by atoms with Crippen molar-refractivity contribution in [2.45, 2.75) is 33.1 Å². The van der Waals surface area contributed by atoms with Gasteiger partial charge in [-0.05, 0) is 81.6 Å². The van der Waals surface area contributed by atoms with Crippen LogP contribution in [0.15, 0.2) is 81.6 Å². The Balaban J connectivity index is 0.000000147. The highest BCUT2D eigenvalue weighted by Crippen LogP contribution is 2.27. The van der Waals surface area contributed by atoms with Gasteiger partial charge < -0.3 is 13.7 Å². The second-order valence-corrected chi connectivity index (χ2v) is 10.2. The Labute approximate surface area is 231 Å². The smallest absolute Gasteiger partial charge is 0.249 e. The molecule has 8 heteroatoms. The number of aryl methyl sites for hydroxylation is 2. The van der Waals surface area contributed by atoms with Crippen LogP contribution in [-0.2, 0) is 0 Å². The van der Waals surface area contributed by atoms with Crippen LogP contribution in [-0.4, -0.2) is 33.0 Å². The lowest BCUT2D eigenvalue weighted by Crippen LogP contribution is -2.29. The van der Waals surface area contributed by atoms with E-state index in [0.29, 0.717) is 33.9 Å². The summed E-state index contributed by atoms with van der Waals surface area (Å²) < 4.78 is 11.4. The molecule has 0 bridgehead atoms. The zero-order chi connectivity index (χ0) is 26.8. The quantitative estimate of drug-likeness (QED) is 0.211. The second kappa shape index (κ2) is 10.9. The zero-order valence-electron chi connectivity index (χ0n) is 21.9. The van der Waals surface area contributed by atoms with Gasteiger partial charge in [0.05, 0.1) is 0 Å². The first-order valence-electron chi connectivity index (χ1n) is 13.1. The van der Waals surface area contributed by atoms with E-state index in [1.54, 1.807) is 12.1 Å². The lowest BCUT2D eigenvalue weighted by Gasteiger charge is -2.27. The minimum absolute atomic E-state index is 0.407. The molecule has 39 heavy (non-hydrogen) atoms. The van der Waals surface area contributed by atoms with E-state index in [1.165, 1.54) is 30.4 Å². The van der Waals surface area contributed by atoms with E-state index in [1.807, 2.05) is 49.4 Å². The number of nitrogens with zero attached hydrogens (tertiary/aromatic N) is 5. The van der Waals surface area contributed by atoms with Gasteiger partial charge in [-0.1, -0.05) is 47.0 Å². The third-order valence-electron chi connectivity index (χ3n) is 6.74. The molecule has 0 amide bonds. The van der Waals surface area contributed by atoms with Gasteiger partial charge in [0.2, 0.25) is 23.2 Å². The van der Waals surface area contributed by atoms with Crippen molar-refractivity contribution in [1.82, 2.24) is 19.9 Å². The molecule has 7 nitrogen and oxygen atoms in total. The molecule has 196 valence electrons. The summed E-state index contributed by atoms with van der Waals surface area (Å²) in [4.78, 5) is 20.0. The molecule has 0 saturated carbocycles. The van der Waals surface area contributed by atoms with Crippen molar-refractivity contribution < 1.29 is 8.83 Å². The third-order valence-corrected chi connectivity index (χ3v) is 6.95. The van der Waals surface area contributed by atoms with E-state index in [2.05, 4.69) is 50.0 Å². The Morgan fingerprint density at radius 1 is 0.590 bits per heavy atom. The van der Waals surface area contributed by atoms with Crippen LogP contribution in [0, 0.1) is 13.8 Å². The molecule has 6 aromatic rings. The van der Waals surface area contributed by atoms with Crippen molar-refractivity contribution in [1.29, 1.82) is 0 Å². The average molecular weight is 538 g/mol. The zero-order valence-corrected chi connectivity index (χ0v) is 22.7. The van der Waals surface area contributed by atoms with Gasteiger partial charge in [0.1, 0.15) is 22.0 Å². The van der Waals surface area contributed by atoms with Gasteiger partial charge >= 0.3 is 0 Å². The average Bonchev–Trinajstić information content (AvgIpc) is 3.58. The number of piperidine rings is 1. The van der Waals surface area contributed by atoms with E-state index in [-0.39, 0.29) is 0 Å². The van der Waals surface area contributed by atoms with Gasteiger partial charge in [-0.15, -0.1) is 0 Å². The van der Waals surface area contributed by atoms with Crippen LogP contribution in [0.1, 0.15) is 30.4 Å². The van der Waals surface area contributed by atoms with Gasteiger partial charge in [-0.2, -0.15) is 9.97 Å². The maximum atomic E-state index is 5.88. The van der Waals surface area contributed by atoms with Crippen LogP contribution in [0.25, 0.3) is 45.4 Å². The molecular weight excluding hydrogens is 510 g/mol. The highest BCUT2D eigenvalue weighted by atomic mass is 35.5. The third kappa shape index (κ3) is 5.64. The summed E-state index contributed by atoms with van der Waals surface area (Å²) in [5, 5.41) is 0.407. The molecule has 0 aliphatic carbocycles. The number of hydrogen-bond acceptors (Lipinski definition) is 7. The first kappa shape index (κ1) is 25.1. The maximum Gasteiger partial charge on any atom is 0.249 e. The molecule has 5 heterocycles. The van der Waals surface area contributed by atoms with Gasteiger partial charge in [0.15, 0.2) is 0 Å². The number of anilines is 1. The van der Waals surface area contributed by atoms with E-state index in [4.69, 9.17) is 20.4 Å². The van der Waals surface area contributed by atoms with Crippen LogP contribution in [0.5, 0.6) is 0 Å².